The van der Waals surface area contributed by atoms with Gasteiger partial charge >= 0.3 is 0 Å². The first-order chi connectivity index (χ1) is 13.2. The van der Waals surface area contributed by atoms with E-state index in [1.54, 1.807) is 0 Å². The van der Waals surface area contributed by atoms with Crippen LogP contribution in [0.4, 0.5) is 0 Å². The van der Waals surface area contributed by atoms with E-state index in [9.17, 15) is 4.79 Å². The van der Waals surface area contributed by atoms with Gasteiger partial charge in [0.1, 0.15) is 5.82 Å². The predicted molar refractivity (Wildman–Crippen MR) is 116 cm³/mol. The summed E-state index contributed by atoms with van der Waals surface area (Å²) in [5, 5.41) is 0.813. The lowest BCUT2D eigenvalue weighted by Crippen LogP contribution is -2.39. The van der Waals surface area contributed by atoms with Gasteiger partial charge in [0.2, 0.25) is 5.91 Å². The van der Waals surface area contributed by atoms with Crippen LogP contribution in [-0.4, -0.2) is 37.9 Å². The lowest BCUT2D eigenvalue weighted by molar-refractivity contribution is -0.135. The number of aromatic nitrogens is 2. The van der Waals surface area contributed by atoms with Gasteiger partial charge in [0.15, 0.2) is 0 Å². The molecule has 0 spiro atoms. The van der Waals surface area contributed by atoms with E-state index in [0.29, 0.717) is 12.3 Å². The Morgan fingerprint density at radius 3 is 2.93 bits per heavy atom. The average molecular weight is 404 g/mol. The summed E-state index contributed by atoms with van der Waals surface area (Å²) in [6.45, 7) is 0.877. The van der Waals surface area contributed by atoms with Crippen molar-refractivity contribution in [2.75, 3.05) is 12.3 Å². The normalized spacial score (nSPS) is 23.2. The van der Waals surface area contributed by atoms with Crippen LogP contribution in [0.25, 0.3) is 11.0 Å². The molecule has 0 bridgehead atoms. The fraction of sp³-hybridized carbons (Fsp3) is 0.619. The Morgan fingerprint density at radius 1 is 1.22 bits per heavy atom. The van der Waals surface area contributed by atoms with Crippen LogP contribution < -0.4 is 0 Å². The summed E-state index contributed by atoms with van der Waals surface area (Å²) < 4.78 is 2.18. The third-order valence-corrected chi connectivity index (χ3v) is 8.84. The average Bonchev–Trinajstić information content (AvgIpc) is 3.33. The van der Waals surface area contributed by atoms with Crippen LogP contribution in [0.15, 0.2) is 24.3 Å². The molecule has 2 aliphatic heterocycles. The number of carbonyl (C=O) groups is 1. The Kier molecular flexibility index (Phi) is 6.33. The summed E-state index contributed by atoms with van der Waals surface area (Å²) in [7, 11) is 6.13. The topological polar surface area (TPSA) is 38.1 Å². The lowest BCUT2D eigenvalue weighted by atomic mass is 10.00. The molecule has 4 rings (SSSR count). The largest absolute Gasteiger partial charge is 0.333 e. The number of aryl methyl sites for hydroxylation is 1. The second-order valence-electron chi connectivity index (χ2n) is 7.69. The summed E-state index contributed by atoms with van der Waals surface area (Å²) in [6.07, 6.45) is 8.80. The number of para-hydroxylation sites is 2. The molecule has 146 valence electrons. The molecule has 2 aliphatic rings. The van der Waals surface area contributed by atoms with Crippen molar-refractivity contribution in [3.63, 3.8) is 0 Å². The lowest BCUT2D eigenvalue weighted by Gasteiger charge is -2.35. The number of hydrogen-bond acceptors (Lipinski definition) is 4. The van der Waals surface area contributed by atoms with Gasteiger partial charge in [-0.15, -0.1) is 0 Å². The van der Waals surface area contributed by atoms with Gasteiger partial charge in [0, 0.05) is 31.0 Å². The highest BCUT2D eigenvalue weighted by Crippen LogP contribution is 2.40. The van der Waals surface area contributed by atoms with Crippen molar-refractivity contribution in [3.05, 3.63) is 30.1 Å². The molecule has 2 aromatic rings. The molecular formula is C21H29N3OS2. The minimum absolute atomic E-state index is 0.130. The molecule has 2 atom stereocenters. The van der Waals surface area contributed by atoms with E-state index in [2.05, 4.69) is 34.7 Å². The fourth-order valence-corrected chi connectivity index (χ4v) is 7.34. The predicted octanol–water partition coefficient (Wildman–Crippen LogP) is 5.34. The van der Waals surface area contributed by atoms with Gasteiger partial charge in [-0.2, -0.15) is 0 Å². The molecule has 0 aliphatic carbocycles. The van der Waals surface area contributed by atoms with Gasteiger partial charge < -0.3 is 9.47 Å². The van der Waals surface area contributed by atoms with Gasteiger partial charge in [0.05, 0.1) is 17.1 Å². The van der Waals surface area contributed by atoms with E-state index in [-0.39, 0.29) is 6.04 Å². The highest BCUT2D eigenvalue weighted by molar-refractivity contribution is 8.77. The maximum Gasteiger partial charge on any atom is 0.223 e. The van der Waals surface area contributed by atoms with Gasteiger partial charge in [-0.25, -0.2) is 4.98 Å². The van der Waals surface area contributed by atoms with Gasteiger partial charge in [0.25, 0.3) is 0 Å². The first-order valence-corrected chi connectivity index (χ1v) is 12.6. The number of amides is 1. The summed E-state index contributed by atoms with van der Waals surface area (Å²) in [5.74, 6) is 2.66. The molecule has 0 radical (unpaired) electrons. The molecular weight excluding hydrogens is 374 g/mol. The number of piperidine rings is 1. The molecule has 0 unspecified atom stereocenters. The van der Waals surface area contributed by atoms with Crippen LogP contribution >= 0.6 is 21.6 Å². The Morgan fingerprint density at radius 2 is 2.11 bits per heavy atom. The first-order valence-electron chi connectivity index (χ1n) is 10.2. The summed E-state index contributed by atoms with van der Waals surface area (Å²) >= 11 is 0. The van der Waals surface area contributed by atoms with Crippen LogP contribution in [0.5, 0.6) is 0 Å². The van der Waals surface area contributed by atoms with Crippen LogP contribution in [0.2, 0.25) is 0 Å². The zero-order valence-electron chi connectivity index (χ0n) is 16.1. The van der Waals surface area contributed by atoms with Crippen LogP contribution in [0.1, 0.15) is 63.2 Å². The van der Waals surface area contributed by atoms with Crippen molar-refractivity contribution >= 4 is 38.5 Å². The molecule has 2 fully saturated rings. The standard InChI is InChI=1S/C21H29N3OS2/c1-23-18-10-4-3-9-17(18)22-21(23)19-11-6-7-14-24(19)20(25)12-5-2-8-16-13-15-26-27-16/h3-4,9-10,16,19H,2,5-8,11-15H2,1H3/t16-,19-/m0/s1. The van der Waals surface area contributed by atoms with Crippen LogP contribution in [0.3, 0.4) is 0 Å². The number of rotatable bonds is 6. The molecule has 3 heterocycles. The maximum atomic E-state index is 13.0. The van der Waals surface area contributed by atoms with Crippen molar-refractivity contribution in [1.82, 2.24) is 14.5 Å². The van der Waals surface area contributed by atoms with E-state index in [4.69, 9.17) is 4.98 Å². The first kappa shape index (κ1) is 19.2. The summed E-state index contributed by atoms with van der Waals surface area (Å²) in [6, 6.07) is 8.39. The third-order valence-electron chi connectivity index (χ3n) is 5.84. The third kappa shape index (κ3) is 4.32. The zero-order valence-corrected chi connectivity index (χ0v) is 17.7. The number of likely N-dealkylation sites (tertiary alicyclic amines) is 1. The molecule has 1 amide bonds. The minimum Gasteiger partial charge on any atom is -0.333 e. The Labute approximate surface area is 169 Å². The number of benzene rings is 1. The van der Waals surface area contributed by atoms with E-state index < -0.39 is 0 Å². The number of unbranched alkanes of at least 4 members (excludes halogenated alkanes) is 1. The number of hydrogen-bond donors (Lipinski definition) is 0. The molecule has 27 heavy (non-hydrogen) atoms. The van der Waals surface area contributed by atoms with Crippen molar-refractivity contribution < 1.29 is 4.79 Å². The van der Waals surface area contributed by atoms with Crippen molar-refractivity contribution in [2.45, 2.75) is 62.7 Å². The molecule has 0 N–H and O–H groups in total. The quantitative estimate of drug-likeness (QED) is 0.482. The molecule has 0 saturated carbocycles. The van der Waals surface area contributed by atoms with Crippen LogP contribution in [-0.2, 0) is 11.8 Å². The SMILES string of the molecule is Cn1c([C@@H]2CCCCN2C(=O)CCCC[C@H]2CCSS2)nc2ccccc21. The second kappa shape index (κ2) is 8.91. The number of fused-ring (bicyclic) bond motifs is 1. The fourth-order valence-electron chi connectivity index (χ4n) is 4.32. The highest BCUT2D eigenvalue weighted by Gasteiger charge is 2.31. The Bertz CT molecular complexity index is 785. The second-order valence-corrected chi connectivity index (χ2v) is 10.5. The maximum absolute atomic E-state index is 13.0. The molecule has 2 saturated heterocycles. The van der Waals surface area contributed by atoms with Crippen molar-refractivity contribution in [2.24, 2.45) is 7.05 Å². The number of nitrogens with zero attached hydrogens (tertiary/aromatic N) is 3. The van der Waals surface area contributed by atoms with Gasteiger partial charge in [-0.1, -0.05) is 40.1 Å². The van der Waals surface area contributed by atoms with E-state index in [0.717, 1.165) is 47.9 Å². The summed E-state index contributed by atoms with van der Waals surface area (Å²) in [5.41, 5.74) is 2.18. The van der Waals surface area contributed by atoms with Crippen LogP contribution in [0, 0.1) is 0 Å². The van der Waals surface area contributed by atoms with Gasteiger partial charge in [-0.3, -0.25) is 4.79 Å². The zero-order chi connectivity index (χ0) is 18.6. The number of imidazole rings is 1. The molecule has 1 aromatic carbocycles. The molecule has 1 aromatic heterocycles. The highest BCUT2D eigenvalue weighted by atomic mass is 33.1. The smallest absolute Gasteiger partial charge is 0.223 e. The van der Waals surface area contributed by atoms with Crippen molar-refractivity contribution in [1.29, 1.82) is 0 Å². The summed E-state index contributed by atoms with van der Waals surface area (Å²) in [4.78, 5) is 20.0. The van der Waals surface area contributed by atoms with Crippen molar-refractivity contribution in [3.8, 4) is 0 Å². The van der Waals surface area contributed by atoms with Gasteiger partial charge in [-0.05, 0) is 50.7 Å². The van der Waals surface area contributed by atoms with E-state index in [1.807, 2.05) is 27.7 Å². The molecule has 4 nitrogen and oxygen atoms in total. The Hall–Kier alpha value is -1.14. The monoisotopic (exact) mass is 403 g/mol. The minimum atomic E-state index is 0.130. The van der Waals surface area contributed by atoms with E-state index >= 15 is 0 Å². The molecule has 6 heteroatoms. The number of carbonyl (C=O) groups excluding carboxylic acids is 1. The van der Waals surface area contributed by atoms with E-state index in [1.165, 1.54) is 31.4 Å². The Balaban J connectivity index is 1.40.